The molecule has 0 spiro atoms. The third-order valence-corrected chi connectivity index (χ3v) is 2.67. The van der Waals surface area contributed by atoms with Gasteiger partial charge in [0.05, 0.1) is 0 Å². The van der Waals surface area contributed by atoms with Crippen LogP contribution in [0.1, 0.15) is 0 Å². The molecule has 87 valence electrons. The number of halogens is 1. The van der Waals surface area contributed by atoms with E-state index in [1.54, 1.807) is 24.3 Å². The van der Waals surface area contributed by atoms with Crippen LogP contribution in [0, 0.1) is 6.33 Å². The molecule has 0 aliphatic rings. The van der Waals surface area contributed by atoms with Crippen molar-refractivity contribution in [3.63, 3.8) is 0 Å². The van der Waals surface area contributed by atoms with Crippen molar-refractivity contribution in [3.05, 3.63) is 41.8 Å². The molecule has 2 aromatic rings. The van der Waals surface area contributed by atoms with Gasteiger partial charge in [-0.1, -0.05) is 23.7 Å². The van der Waals surface area contributed by atoms with Crippen molar-refractivity contribution in [2.75, 3.05) is 4.72 Å². The van der Waals surface area contributed by atoms with Crippen LogP contribution in [0.15, 0.2) is 30.5 Å². The summed E-state index contributed by atoms with van der Waals surface area (Å²) < 4.78 is 23.5. The van der Waals surface area contributed by atoms with Crippen LogP contribution in [0.5, 0.6) is 0 Å². The molecule has 0 saturated carbocycles. The first-order valence-corrected chi connectivity index (χ1v) is 6.12. The number of benzene rings is 1. The van der Waals surface area contributed by atoms with Gasteiger partial charge in [-0.25, -0.2) is 18.4 Å². The monoisotopic (exact) mass is 268 g/mol. The quantitative estimate of drug-likeness (QED) is 0.828. The smallest absolute Gasteiger partial charge is 0.223 e. The Hall–Kier alpha value is -1.66. The van der Waals surface area contributed by atoms with Gasteiger partial charge in [0, 0.05) is 16.8 Å². The lowest BCUT2D eigenvalue weighted by molar-refractivity contribution is 0.619. The standard InChI is InChI=1S/C10H7ClN3O2S/c11-8-3-1-7(2-4-8)9-5-12-6-13-10(9)14-17(15)16/h1-5,17H,(H,12,13,14,15,16). The van der Waals surface area contributed by atoms with E-state index in [0.717, 1.165) is 5.56 Å². The Morgan fingerprint density at radius 3 is 2.59 bits per heavy atom. The van der Waals surface area contributed by atoms with Gasteiger partial charge >= 0.3 is 0 Å². The van der Waals surface area contributed by atoms with E-state index in [0.29, 0.717) is 10.6 Å². The Morgan fingerprint density at radius 1 is 1.24 bits per heavy atom. The van der Waals surface area contributed by atoms with Crippen LogP contribution in [0.25, 0.3) is 11.1 Å². The number of nitrogens with zero attached hydrogens (tertiary/aromatic N) is 2. The molecule has 0 aliphatic carbocycles. The zero-order valence-electron chi connectivity index (χ0n) is 8.42. The molecule has 1 aromatic heterocycles. The predicted molar refractivity (Wildman–Crippen MR) is 65.3 cm³/mol. The lowest BCUT2D eigenvalue weighted by atomic mass is 10.1. The molecule has 1 aromatic carbocycles. The molecule has 2 rings (SSSR count). The molecule has 0 saturated heterocycles. The van der Waals surface area contributed by atoms with Crippen molar-refractivity contribution in [2.24, 2.45) is 0 Å². The van der Waals surface area contributed by atoms with Crippen molar-refractivity contribution in [1.82, 2.24) is 9.97 Å². The summed E-state index contributed by atoms with van der Waals surface area (Å²) in [5.41, 5.74) is 1.34. The van der Waals surface area contributed by atoms with Crippen LogP contribution < -0.4 is 4.72 Å². The van der Waals surface area contributed by atoms with Gasteiger partial charge in [-0.3, -0.25) is 4.72 Å². The maximum absolute atomic E-state index is 10.6. The highest BCUT2D eigenvalue weighted by atomic mass is 35.5. The lowest BCUT2D eigenvalue weighted by Gasteiger charge is -2.05. The molecular formula is C10H7ClN3O2S. The van der Waals surface area contributed by atoms with Gasteiger partial charge in [0.2, 0.25) is 10.9 Å². The Bertz CT molecular complexity index is 591. The van der Waals surface area contributed by atoms with Crippen LogP contribution >= 0.6 is 11.6 Å². The highest BCUT2D eigenvalue weighted by Gasteiger charge is 2.06. The first-order chi connectivity index (χ1) is 8.16. The van der Waals surface area contributed by atoms with Crippen molar-refractivity contribution in [3.8, 4) is 11.1 Å². The highest BCUT2D eigenvalue weighted by molar-refractivity contribution is 7.73. The first-order valence-electron chi connectivity index (χ1n) is 4.57. The average Bonchev–Trinajstić information content (AvgIpc) is 2.30. The summed E-state index contributed by atoms with van der Waals surface area (Å²) in [6.45, 7) is 0. The fourth-order valence-corrected chi connectivity index (χ4v) is 1.78. The second-order valence-electron chi connectivity index (χ2n) is 3.11. The molecule has 0 unspecified atom stereocenters. The molecule has 5 nitrogen and oxygen atoms in total. The van der Waals surface area contributed by atoms with Crippen molar-refractivity contribution in [2.45, 2.75) is 0 Å². The zero-order valence-corrected chi connectivity index (χ0v) is 10.1. The van der Waals surface area contributed by atoms with Gasteiger partial charge in [0.25, 0.3) is 0 Å². The van der Waals surface area contributed by atoms with E-state index < -0.39 is 10.9 Å². The van der Waals surface area contributed by atoms with Crippen molar-refractivity contribution >= 4 is 28.3 Å². The number of nitrogens with one attached hydrogen (secondary N) is 1. The lowest BCUT2D eigenvalue weighted by Crippen LogP contribution is -2.00. The molecule has 1 N–H and O–H groups in total. The van der Waals surface area contributed by atoms with E-state index in [1.165, 1.54) is 6.20 Å². The Morgan fingerprint density at radius 2 is 1.94 bits per heavy atom. The average molecular weight is 269 g/mol. The number of aromatic nitrogens is 2. The molecule has 0 bridgehead atoms. The van der Waals surface area contributed by atoms with Gasteiger partial charge in [-0.15, -0.1) is 0 Å². The first kappa shape index (κ1) is 11.8. The summed E-state index contributed by atoms with van der Waals surface area (Å²) in [6, 6.07) is 6.91. The zero-order chi connectivity index (χ0) is 12.3. The summed E-state index contributed by atoms with van der Waals surface area (Å²) in [4.78, 5) is 7.50. The van der Waals surface area contributed by atoms with Gasteiger partial charge in [-0.2, -0.15) is 0 Å². The summed E-state index contributed by atoms with van der Waals surface area (Å²) in [5.74, 6) is 0.193. The third-order valence-electron chi connectivity index (χ3n) is 2.02. The fourth-order valence-electron chi connectivity index (χ4n) is 1.31. The molecule has 7 heteroatoms. The number of anilines is 1. The second-order valence-corrected chi connectivity index (χ2v) is 4.28. The summed E-state index contributed by atoms with van der Waals surface area (Å²) >= 11 is 5.77. The van der Waals surface area contributed by atoms with Crippen LogP contribution in [-0.2, 0) is 10.9 Å². The molecule has 1 heterocycles. The Balaban J connectivity index is 2.47. The van der Waals surface area contributed by atoms with Crippen LogP contribution in [0.2, 0.25) is 5.02 Å². The Labute approximate surface area is 105 Å². The molecular weight excluding hydrogens is 262 g/mol. The third kappa shape index (κ3) is 2.92. The highest BCUT2D eigenvalue weighted by Crippen LogP contribution is 2.26. The summed E-state index contributed by atoms with van der Waals surface area (Å²) in [6.07, 6.45) is 3.82. The van der Waals surface area contributed by atoms with Gasteiger partial charge in [0.1, 0.15) is 0 Å². The number of thiol groups is 1. The van der Waals surface area contributed by atoms with Gasteiger partial charge in [-0.05, 0) is 17.7 Å². The summed E-state index contributed by atoms with van der Waals surface area (Å²) in [7, 11) is -2.78. The maximum Gasteiger partial charge on any atom is 0.223 e. The predicted octanol–water partition coefficient (Wildman–Crippen LogP) is 1.54. The molecule has 0 amide bonds. The Kier molecular flexibility index (Phi) is 3.55. The number of hydrogen-bond acceptors (Lipinski definition) is 4. The normalized spacial score (nSPS) is 10.5. The van der Waals surface area contributed by atoms with E-state index >= 15 is 0 Å². The van der Waals surface area contributed by atoms with Crippen LogP contribution in [0.4, 0.5) is 5.82 Å². The van der Waals surface area contributed by atoms with E-state index in [-0.39, 0.29) is 5.82 Å². The minimum Gasteiger partial charge on any atom is -0.269 e. The summed E-state index contributed by atoms with van der Waals surface area (Å²) in [5, 5.41) is 0.599. The van der Waals surface area contributed by atoms with E-state index in [9.17, 15) is 8.42 Å². The fraction of sp³-hybridized carbons (Fsp3) is 0. The minimum absolute atomic E-state index is 0.193. The topological polar surface area (TPSA) is 72.0 Å². The minimum atomic E-state index is -2.78. The second kappa shape index (κ2) is 5.11. The molecule has 1 radical (unpaired) electrons. The largest absolute Gasteiger partial charge is 0.269 e. The molecule has 0 aliphatic heterocycles. The van der Waals surface area contributed by atoms with Gasteiger partial charge in [0.15, 0.2) is 12.1 Å². The van der Waals surface area contributed by atoms with E-state index in [2.05, 4.69) is 21.0 Å². The SMILES string of the molecule is O=[SH](=O)Nc1n[c]ncc1-c1ccc(Cl)cc1. The molecule has 17 heavy (non-hydrogen) atoms. The number of rotatable bonds is 3. The molecule has 0 atom stereocenters. The van der Waals surface area contributed by atoms with Crippen LogP contribution in [-0.4, -0.2) is 18.4 Å². The molecule has 0 fully saturated rings. The van der Waals surface area contributed by atoms with Crippen molar-refractivity contribution in [1.29, 1.82) is 0 Å². The van der Waals surface area contributed by atoms with Gasteiger partial charge < -0.3 is 0 Å². The number of hydrogen-bond donors (Lipinski definition) is 2. The van der Waals surface area contributed by atoms with Crippen LogP contribution in [0.3, 0.4) is 0 Å². The van der Waals surface area contributed by atoms with E-state index in [1.807, 2.05) is 0 Å². The van der Waals surface area contributed by atoms with E-state index in [4.69, 9.17) is 11.6 Å². The maximum atomic E-state index is 10.6. The van der Waals surface area contributed by atoms with Crippen molar-refractivity contribution < 1.29 is 8.42 Å².